The molecule has 9 nitrogen and oxygen atoms in total. The van der Waals surface area contributed by atoms with Gasteiger partial charge >= 0.3 is 11.9 Å². The maximum Gasteiger partial charge on any atom is 0.355 e. The van der Waals surface area contributed by atoms with Crippen LogP contribution in [-0.4, -0.2) is 48.5 Å². The van der Waals surface area contributed by atoms with Crippen LogP contribution in [0.4, 0.5) is 18.9 Å². The highest BCUT2D eigenvalue weighted by molar-refractivity contribution is 5.99. The summed E-state index contributed by atoms with van der Waals surface area (Å²) in [5.41, 5.74) is 0.219. The number of aryl methyl sites for hydroxylation is 1. The Bertz CT molecular complexity index is 1070. The van der Waals surface area contributed by atoms with Crippen LogP contribution in [0.25, 0.3) is 0 Å². The number of amides is 2. The van der Waals surface area contributed by atoms with Gasteiger partial charge in [-0.3, -0.25) is 9.59 Å². The van der Waals surface area contributed by atoms with Crippen LogP contribution in [0.3, 0.4) is 0 Å². The van der Waals surface area contributed by atoms with Crippen LogP contribution in [0.1, 0.15) is 39.0 Å². The summed E-state index contributed by atoms with van der Waals surface area (Å²) >= 11 is 0. The molecule has 0 saturated carbocycles. The number of halogens is 3. The van der Waals surface area contributed by atoms with Crippen molar-refractivity contribution in [1.29, 1.82) is 0 Å². The SMILES string of the molecule is CCOC(=O)c1c(C)[nH]c(C(=O)OCC(=O)NCC(=O)Nc2ccc(F)c(F)c2F)c1C. The van der Waals surface area contributed by atoms with Crippen molar-refractivity contribution < 1.29 is 41.8 Å². The molecule has 0 bridgehead atoms. The van der Waals surface area contributed by atoms with Crippen molar-refractivity contribution in [3.63, 3.8) is 0 Å². The molecule has 172 valence electrons. The van der Waals surface area contributed by atoms with Crippen LogP contribution in [0, 0.1) is 31.3 Å². The van der Waals surface area contributed by atoms with Gasteiger partial charge in [0, 0.05) is 5.69 Å². The van der Waals surface area contributed by atoms with E-state index in [0.717, 1.165) is 6.07 Å². The molecule has 0 atom stereocenters. The summed E-state index contributed by atoms with van der Waals surface area (Å²) in [6.45, 7) is 3.46. The average molecular weight is 455 g/mol. The molecule has 0 aliphatic heterocycles. The summed E-state index contributed by atoms with van der Waals surface area (Å²) in [6.07, 6.45) is 0. The number of carbonyl (C=O) groups excluding carboxylic acids is 4. The topological polar surface area (TPSA) is 127 Å². The zero-order valence-corrected chi connectivity index (χ0v) is 17.4. The Morgan fingerprint density at radius 2 is 1.66 bits per heavy atom. The fraction of sp³-hybridized carbons (Fsp3) is 0.300. The van der Waals surface area contributed by atoms with Crippen LogP contribution >= 0.6 is 0 Å². The Morgan fingerprint density at radius 3 is 2.31 bits per heavy atom. The molecule has 0 aliphatic rings. The molecule has 32 heavy (non-hydrogen) atoms. The van der Waals surface area contributed by atoms with Gasteiger partial charge in [0.25, 0.3) is 5.91 Å². The minimum Gasteiger partial charge on any atom is -0.462 e. The number of H-pyrrole nitrogens is 1. The monoisotopic (exact) mass is 455 g/mol. The minimum atomic E-state index is -1.75. The van der Waals surface area contributed by atoms with Gasteiger partial charge in [-0.25, -0.2) is 22.8 Å². The lowest BCUT2D eigenvalue weighted by Gasteiger charge is -2.09. The quantitative estimate of drug-likeness (QED) is 0.414. The lowest BCUT2D eigenvalue weighted by atomic mass is 10.1. The van der Waals surface area contributed by atoms with Gasteiger partial charge < -0.3 is 25.1 Å². The van der Waals surface area contributed by atoms with E-state index in [4.69, 9.17) is 9.47 Å². The van der Waals surface area contributed by atoms with Gasteiger partial charge in [-0.05, 0) is 38.5 Å². The van der Waals surface area contributed by atoms with E-state index in [1.807, 2.05) is 5.32 Å². The fourth-order valence-electron chi connectivity index (χ4n) is 2.71. The number of rotatable bonds is 8. The van der Waals surface area contributed by atoms with Crippen LogP contribution in [0.2, 0.25) is 0 Å². The predicted molar refractivity (Wildman–Crippen MR) is 104 cm³/mol. The normalized spacial score (nSPS) is 10.4. The number of hydrogen-bond donors (Lipinski definition) is 3. The second-order valence-electron chi connectivity index (χ2n) is 6.47. The number of anilines is 1. The van der Waals surface area contributed by atoms with E-state index in [1.165, 1.54) is 6.92 Å². The van der Waals surface area contributed by atoms with Crippen LogP contribution in [-0.2, 0) is 19.1 Å². The van der Waals surface area contributed by atoms with Crippen LogP contribution in [0.15, 0.2) is 12.1 Å². The second-order valence-corrected chi connectivity index (χ2v) is 6.47. The van der Waals surface area contributed by atoms with E-state index < -0.39 is 60.0 Å². The summed E-state index contributed by atoms with van der Waals surface area (Å²) in [5.74, 6) is -8.06. The smallest absolute Gasteiger partial charge is 0.355 e. The molecule has 2 rings (SSSR count). The highest BCUT2D eigenvalue weighted by Crippen LogP contribution is 2.20. The molecule has 2 aromatic rings. The first-order chi connectivity index (χ1) is 15.1. The Balaban J connectivity index is 1.87. The van der Waals surface area contributed by atoms with Gasteiger partial charge in [0.2, 0.25) is 5.91 Å². The van der Waals surface area contributed by atoms with Gasteiger partial charge in [0.1, 0.15) is 5.69 Å². The molecule has 0 unspecified atom stereocenters. The number of hydrogen-bond acceptors (Lipinski definition) is 6. The molecule has 0 fully saturated rings. The minimum absolute atomic E-state index is 0.0371. The molecule has 12 heteroatoms. The first kappa shape index (κ1) is 24.4. The van der Waals surface area contributed by atoms with Crippen molar-refractivity contribution in [3.05, 3.63) is 52.1 Å². The maximum absolute atomic E-state index is 13.5. The zero-order chi connectivity index (χ0) is 24.0. The Labute approximate surface area is 180 Å². The highest BCUT2D eigenvalue weighted by atomic mass is 19.2. The number of esters is 2. The van der Waals surface area contributed by atoms with E-state index in [-0.39, 0.29) is 17.9 Å². The molecule has 1 heterocycles. The number of ether oxygens (including phenoxy) is 2. The van der Waals surface area contributed by atoms with Crippen molar-refractivity contribution in [3.8, 4) is 0 Å². The van der Waals surface area contributed by atoms with Gasteiger partial charge in [0.05, 0.1) is 24.4 Å². The van der Waals surface area contributed by atoms with Gasteiger partial charge in [0.15, 0.2) is 24.1 Å². The number of carbonyl (C=O) groups is 4. The van der Waals surface area contributed by atoms with Crippen molar-refractivity contribution in [2.75, 3.05) is 25.1 Å². The third-order valence-corrected chi connectivity index (χ3v) is 4.21. The molecule has 0 radical (unpaired) electrons. The fourth-order valence-corrected chi connectivity index (χ4v) is 2.71. The van der Waals surface area contributed by atoms with E-state index in [1.54, 1.807) is 13.8 Å². The van der Waals surface area contributed by atoms with Crippen molar-refractivity contribution in [2.45, 2.75) is 20.8 Å². The van der Waals surface area contributed by atoms with Crippen molar-refractivity contribution >= 4 is 29.4 Å². The van der Waals surface area contributed by atoms with Gasteiger partial charge in [-0.15, -0.1) is 0 Å². The Hall–Kier alpha value is -3.83. The molecule has 1 aromatic carbocycles. The molecule has 1 aromatic heterocycles. The van der Waals surface area contributed by atoms with E-state index in [2.05, 4.69) is 10.3 Å². The summed E-state index contributed by atoms with van der Waals surface area (Å²) in [7, 11) is 0. The average Bonchev–Trinajstić information content (AvgIpc) is 3.05. The Morgan fingerprint density at radius 1 is 0.969 bits per heavy atom. The van der Waals surface area contributed by atoms with Gasteiger partial charge in [-0.2, -0.15) is 0 Å². The van der Waals surface area contributed by atoms with Crippen molar-refractivity contribution in [1.82, 2.24) is 10.3 Å². The summed E-state index contributed by atoms with van der Waals surface area (Å²) in [6, 6.07) is 1.45. The standard InChI is InChI=1S/C20H20F3N3O6/c1-4-31-19(29)15-9(2)18(25-10(15)3)20(30)32-8-14(28)24-7-13(27)26-12-6-5-11(21)16(22)17(12)23/h5-6,25H,4,7-8H2,1-3H3,(H,24,28)(H,26,27). The molecule has 0 spiro atoms. The number of aromatic amines is 1. The Kier molecular flexibility index (Phi) is 7.99. The molecule has 0 aliphatic carbocycles. The lowest BCUT2D eigenvalue weighted by Crippen LogP contribution is -2.35. The number of aromatic nitrogens is 1. The molecular formula is C20H20F3N3O6. The third-order valence-electron chi connectivity index (χ3n) is 4.21. The maximum atomic E-state index is 13.5. The molecule has 3 N–H and O–H groups in total. The largest absolute Gasteiger partial charge is 0.462 e. The summed E-state index contributed by atoms with van der Waals surface area (Å²) in [4.78, 5) is 50.5. The van der Waals surface area contributed by atoms with Crippen LogP contribution in [0.5, 0.6) is 0 Å². The number of nitrogens with one attached hydrogen (secondary N) is 3. The van der Waals surface area contributed by atoms with Crippen LogP contribution < -0.4 is 10.6 Å². The van der Waals surface area contributed by atoms with E-state index >= 15 is 0 Å². The van der Waals surface area contributed by atoms with E-state index in [0.29, 0.717) is 17.3 Å². The van der Waals surface area contributed by atoms with Gasteiger partial charge in [-0.1, -0.05) is 0 Å². The molecule has 0 saturated heterocycles. The predicted octanol–water partition coefficient (Wildman–Crippen LogP) is 2.14. The zero-order valence-electron chi connectivity index (χ0n) is 17.4. The highest BCUT2D eigenvalue weighted by Gasteiger charge is 2.24. The second kappa shape index (κ2) is 10.5. The first-order valence-corrected chi connectivity index (χ1v) is 9.30. The van der Waals surface area contributed by atoms with Crippen molar-refractivity contribution in [2.24, 2.45) is 0 Å². The first-order valence-electron chi connectivity index (χ1n) is 9.30. The summed E-state index contributed by atoms with van der Waals surface area (Å²) < 4.78 is 49.4. The van der Waals surface area contributed by atoms with E-state index in [9.17, 15) is 32.3 Å². The molecular weight excluding hydrogens is 435 g/mol. The number of benzene rings is 1. The third kappa shape index (κ3) is 5.65. The lowest BCUT2D eigenvalue weighted by molar-refractivity contribution is -0.126. The summed E-state index contributed by atoms with van der Waals surface area (Å²) in [5, 5.41) is 4.09. The molecule has 2 amide bonds.